The molecule has 0 aromatic heterocycles. The predicted octanol–water partition coefficient (Wildman–Crippen LogP) is -0.0421. The molecule has 2 aliphatic heterocycles. The normalized spacial score (nSPS) is 23.4. The van der Waals surface area contributed by atoms with Crippen LogP contribution in [0, 0.1) is 5.92 Å². The van der Waals surface area contributed by atoms with Crippen LogP contribution in [0.15, 0.2) is 0 Å². The van der Waals surface area contributed by atoms with Gasteiger partial charge in [0.05, 0.1) is 18.6 Å². The highest BCUT2D eigenvalue weighted by atomic mass is 16.6. The van der Waals surface area contributed by atoms with E-state index in [9.17, 15) is 9.59 Å². The zero-order chi connectivity index (χ0) is 15.5. The van der Waals surface area contributed by atoms with Gasteiger partial charge in [0.15, 0.2) is 0 Å². The van der Waals surface area contributed by atoms with Crippen molar-refractivity contribution in [1.29, 1.82) is 0 Å². The van der Waals surface area contributed by atoms with Crippen molar-refractivity contribution in [1.82, 2.24) is 15.5 Å². The minimum Gasteiger partial charge on any atom is -0.444 e. The molecule has 0 saturated carbocycles. The maximum atomic E-state index is 12.0. The Hall–Kier alpha value is -1.34. The van der Waals surface area contributed by atoms with E-state index in [-0.39, 0.29) is 24.0 Å². The summed E-state index contributed by atoms with van der Waals surface area (Å²) in [5, 5.41) is 6.09. The Morgan fingerprint density at radius 1 is 1.38 bits per heavy atom. The lowest BCUT2D eigenvalue weighted by Crippen LogP contribution is -2.57. The molecule has 1 atom stereocenters. The van der Waals surface area contributed by atoms with Crippen LogP contribution in [-0.4, -0.2) is 67.9 Å². The van der Waals surface area contributed by atoms with E-state index in [2.05, 4.69) is 10.6 Å². The molecule has 2 heterocycles. The zero-order valence-electron chi connectivity index (χ0n) is 13.0. The van der Waals surface area contributed by atoms with Gasteiger partial charge < -0.3 is 25.0 Å². The van der Waals surface area contributed by atoms with Crippen molar-refractivity contribution < 1.29 is 19.1 Å². The van der Waals surface area contributed by atoms with Crippen LogP contribution in [0.25, 0.3) is 0 Å². The van der Waals surface area contributed by atoms with Gasteiger partial charge in [-0.05, 0) is 20.8 Å². The molecule has 21 heavy (non-hydrogen) atoms. The smallest absolute Gasteiger partial charge is 0.410 e. The van der Waals surface area contributed by atoms with Crippen molar-refractivity contribution in [2.75, 3.05) is 39.3 Å². The third-order valence-electron chi connectivity index (χ3n) is 3.41. The van der Waals surface area contributed by atoms with E-state index in [1.165, 1.54) is 0 Å². The number of rotatable bonds is 3. The zero-order valence-corrected chi connectivity index (χ0v) is 13.0. The Balaban J connectivity index is 1.64. The Labute approximate surface area is 125 Å². The second-order valence-electron chi connectivity index (χ2n) is 6.52. The van der Waals surface area contributed by atoms with E-state index in [0.29, 0.717) is 26.2 Å². The van der Waals surface area contributed by atoms with Gasteiger partial charge in [0.25, 0.3) is 0 Å². The maximum Gasteiger partial charge on any atom is 0.410 e. The molecule has 2 rings (SSSR count). The van der Waals surface area contributed by atoms with Crippen molar-refractivity contribution >= 4 is 12.0 Å². The van der Waals surface area contributed by atoms with E-state index in [0.717, 1.165) is 13.1 Å². The molecular weight excluding hydrogens is 274 g/mol. The van der Waals surface area contributed by atoms with Crippen molar-refractivity contribution in [3.63, 3.8) is 0 Å². The van der Waals surface area contributed by atoms with Gasteiger partial charge >= 0.3 is 6.09 Å². The number of hydrogen-bond donors (Lipinski definition) is 2. The summed E-state index contributed by atoms with van der Waals surface area (Å²) in [6.45, 7) is 9.13. The molecule has 2 saturated heterocycles. The fourth-order valence-corrected chi connectivity index (χ4v) is 2.23. The Bertz CT molecular complexity index is 382. The van der Waals surface area contributed by atoms with E-state index in [4.69, 9.17) is 9.47 Å². The number of nitrogens with one attached hydrogen (secondary N) is 2. The molecule has 2 fully saturated rings. The molecule has 2 N–H and O–H groups in total. The summed E-state index contributed by atoms with van der Waals surface area (Å²) in [5.74, 6) is -0.168. The van der Waals surface area contributed by atoms with Crippen LogP contribution in [0.1, 0.15) is 20.8 Å². The van der Waals surface area contributed by atoms with E-state index in [1.54, 1.807) is 4.90 Å². The minimum atomic E-state index is -0.504. The summed E-state index contributed by atoms with van der Waals surface area (Å²) >= 11 is 0. The molecule has 0 bridgehead atoms. The largest absolute Gasteiger partial charge is 0.444 e. The third-order valence-corrected chi connectivity index (χ3v) is 3.41. The van der Waals surface area contributed by atoms with Gasteiger partial charge in [-0.1, -0.05) is 0 Å². The van der Waals surface area contributed by atoms with Gasteiger partial charge in [0, 0.05) is 32.7 Å². The molecule has 0 aliphatic carbocycles. The lowest BCUT2D eigenvalue weighted by atomic mass is 10.00. The first-order valence-corrected chi connectivity index (χ1v) is 7.43. The van der Waals surface area contributed by atoms with Crippen LogP contribution in [0.3, 0.4) is 0 Å². The summed E-state index contributed by atoms with van der Waals surface area (Å²) in [4.78, 5) is 25.3. The van der Waals surface area contributed by atoms with Crippen LogP contribution in [-0.2, 0) is 14.3 Å². The number of ether oxygens (including phenoxy) is 2. The fraction of sp³-hybridized carbons (Fsp3) is 0.857. The summed E-state index contributed by atoms with van der Waals surface area (Å²) < 4.78 is 10.8. The van der Waals surface area contributed by atoms with Gasteiger partial charge in [-0.3, -0.25) is 4.79 Å². The van der Waals surface area contributed by atoms with Gasteiger partial charge in [-0.2, -0.15) is 0 Å². The van der Waals surface area contributed by atoms with Crippen LogP contribution in [0.2, 0.25) is 0 Å². The number of amides is 2. The number of nitrogens with zero attached hydrogens (tertiary/aromatic N) is 1. The van der Waals surface area contributed by atoms with Gasteiger partial charge in [0.2, 0.25) is 5.91 Å². The Morgan fingerprint density at radius 2 is 2.10 bits per heavy atom. The molecule has 1 unspecified atom stereocenters. The highest BCUT2D eigenvalue weighted by molar-refractivity contribution is 5.82. The number of likely N-dealkylation sites (tertiary alicyclic amines) is 1. The molecular formula is C14H25N3O4. The van der Waals surface area contributed by atoms with Gasteiger partial charge in [-0.25, -0.2) is 4.79 Å². The first-order chi connectivity index (χ1) is 9.85. The molecule has 2 amide bonds. The molecule has 7 heteroatoms. The number of carbonyl (C=O) groups excluding carboxylic acids is 2. The fourth-order valence-electron chi connectivity index (χ4n) is 2.23. The molecule has 120 valence electrons. The van der Waals surface area contributed by atoms with Gasteiger partial charge in [0.1, 0.15) is 5.60 Å². The summed E-state index contributed by atoms with van der Waals surface area (Å²) in [7, 11) is 0. The Kier molecular flexibility index (Phi) is 5.05. The molecule has 0 aromatic rings. The van der Waals surface area contributed by atoms with Crippen molar-refractivity contribution in [2.24, 2.45) is 5.92 Å². The third kappa shape index (κ3) is 4.86. The molecule has 0 spiro atoms. The standard InChI is InChI=1S/C14H25N3O4/c1-14(2,3)21-13(19)17-8-10(9-17)12(18)16-7-11-6-15-4-5-20-11/h10-11,15H,4-9H2,1-3H3,(H,16,18). The average molecular weight is 299 g/mol. The lowest BCUT2D eigenvalue weighted by Gasteiger charge is -2.39. The first-order valence-electron chi connectivity index (χ1n) is 7.43. The minimum absolute atomic E-state index is 0.0241. The van der Waals surface area contributed by atoms with Crippen LogP contribution >= 0.6 is 0 Å². The van der Waals surface area contributed by atoms with Crippen LogP contribution in [0.4, 0.5) is 4.79 Å². The maximum absolute atomic E-state index is 12.0. The van der Waals surface area contributed by atoms with E-state index >= 15 is 0 Å². The predicted molar refractivity (Wildman–Crippen MR) is 76.9 cm³/mol. The van der Waals surface area contributed by atoms with Gasteiger partial charge in [-0.15, -0.1) is 0 Å². The van der Waals surface area contributed by atoms with Crippen molar-refractivity contribution in [3.05, 3.63) is 0 Å². The second kappa shape index (κ2) is 6.62. The SMILES string of the molecule is CC(C)(C)OC(=O)N1CC(C(=O)NCC2CNCCO2)C1. The monoisotopic (exact) mass is 299 g/mol. The second-order valence-corrected chi connectivity index (χ2v) is 6.52. The average Bonchev–Trinajstić information content (AvgIpc) is 2.33. The summed E-state index contributed by atoms with van der Waals surface area (Å²) in [6.07, 6.45) is -0.323. The summed E-state index contributed by atoms with van der Waals surface area (Å²) in [5.41, 5.74) is -0.504. The van der Waals surface area contributed by atoms with Crippen molar-refractivity contribution in [3.8, 4) is 0 Å². The number of carbonyl (C=O) groups is 2. The highest BCUT2D eigenvalue weighted by Crippen LogP contribution is 2.19. The quantitative estimate of drug-likeness (QED) is 0.764. The molecule has 0 radical (unpaired) electrons. The van der Waals surface area contributed by atoms with Crippen LogP contribution in [0.5, 0.6) is 0 Å². The lowest BCUT2D eigenvalue weighted by molar-refractivity contribution is -0.130. The molecule has 0 aromatic carbocycles. The molecule has 2 aliphatic rings. The van der Waals surface area contributed by atoms with E-state index in [1.807, 2.05) is 20.8 Å². The number of morpholine rings is 1. The number of hydrogen-bond acceptors (Lipinski definition) is 5. The summed E-state index contributed by atoms with van der Waals surface area (Å²) in [6, 6.07) is 0. The van der Waals surface area contributed by atoms with E-state index < -0.39 is 5.60 Å². The Morgan fingerprint density at radius 3 is 2.67 bits per heavy atom. The van der Waals surface area contributed by atoms with Crippen LogP contribution < -0.4 is 10.6 Å². The topological polar surface area (TPSA) is 79.9 Å². The molecule has 7 nitrogen and oxygen atoms in total. The first kappa shape index (κ1) is 16.0. The van der Waals surface area contributed by atoms with Crippen molar-refractivity contribution in [2.45, 2.75) is 32.5 Å². The highest BCUT2D eigenvalue weighted by Gasteiger charge is 2.37.